The van der Waals surface area contributed by atoms with Crippen molar-refractivity contribution in [2.45, 2.75) is 33.2 Å². The maximum Gasteiger partial charge on any atom is 0.325 e. The fraction of sp³-hybridized carbons (Fsp3) is 0.727. The largest absolute Gasteiger partial charge is 0.465 e. The van der Waals surface area contributed by atoms with Crippen LogP contribution in [0.5, 0.6) is 0 Å². The van der Waals surface area contributed by atoms with Crippen LogP contribution in [0.25, 0.3) is 0 Å². The summed E-state index contributed by atoms with van der Waals surface area (Å²) < 4.78 is 4.67. The Morgan fingerprint density at radius 3 is 2.33 bits per heavy atom. The summed E-state index contributed by atoms with van der Waals surface area (Å²) in [6, 6.07) is -1.51. The zero-order valence-electron chi connectivity index (χ0n) is 11.0. The molecule has 0 aromatic rings. The van der Waals surface area contributed by atoms with Gasteiger partial charge in [-0.15, -0.1) is 0 Å². The van der Waals surface area contributed by atoms with Crippen molar-refractivity contribution < 1.29 is 19.1 Å². The van der Waals surface area contributed by atoms with Gasteiger partial charge in [0.05, 0.1) is 6.61 Å². The van der Waals surface area contributed by atoms with Crippen LogP contribution in [0.3, 0.4) is 0 Å². The second kappa shape index (κ2) is 8.32. The highest BCUT2D eigenvalue weighted by Gasteiger charge is 2.21. The lowest BCUT2D eigenvalue weighted by molar-refractivity contribution is -0.143. The first kappa shape index (κ1) is 16.2. The average molecular weight is 259 g/mol. The van der Waals surface area contributed by atoms with Crippen LogP contribution in [-0.4, -0.2) is 37.1 Å². The molecule has 0 aliphatic carbocycles. The molecule has 7 nitrogen and oxygen atoms in total. The Hall–Kier alpha value is -1.79. The van der Waals surface area contributed by atoms with Gasteiger partial charge in [0.25, 0.3) is 0 Å². The lowest BCUT2D eigenvalue weighted by Crippen LogP contribution is -2.50. The molecule has 7 heteroatoms. The van der Waals surface area contributed by atoms with Gasteiger partial charge in [0, 0.05) is 0 Å². The molecule has 0 aliphatic heterocycles. The molecule has 0 saturated carbocycles. The molecule has 3 amide bonds. The van der Waals surface area contributed by atoms with Gasteiger partial charge in [-0.2, -0.15) is 0 Å². The van der Waals surface area contributed by atoms with Crippen LogP contribution in [0.1, 0.15) is 27.2 Å². The van der Waals surface area contributed by atoms with Gasteiger partial charge in [-0.05, 0) is 19.3 Å². The molecule has 0 saturated heterocycles. The van der Waals surface area contributed by atoms with Gasteiger partial charge in [0.2, 0.25) is 5.91 Å². The highest BCUT2D eigenvalue weighted by Crippen LogP contribution is 2.04. The molecule has 0 radical (unpaired) electrons. The average Bonchev–Trinajstić information content (AvgIpc) is 2.24. The van der Waals surface area contributed by atoms with Gasteiger partial charge in [-0.1, -0.05) is 13.8 Å². The van der Waals surface area contributed by atoms with Crippen molar-refractivity contribution in [2.24, 2.45) is 11.7 Å². The summed E-state index contributed by atoms with van der Waals surface area (Å²) in [5.41, 5.74) is 4.99. The Labute approximate surface area is 106 Å². The van der Waals surface area contributed by atoms with E-state index in [4.69, 9.17) is 5.73 Å². The quantitative estimate of drug-likeness (QED) is 0.547. The number of esters is 1. The molecule has 0 spiro atoms. The van der Waals surface area contributed by atoms with Crippen LogP contribution in [-0.2, 0) is 14.3 Å². The van der Waals surface area contributed by atoms with Crippen LogP contribution in [0.2, 0.25) is 0 Å². The van der Waals surface area contributed by atoms with Crippen molar-refractivity contribution in [1.29, 1.82) is 0 Å². The summed E-state index contributed by atoms with van der Waals surface area (Å²) in [7, 11) is 0. The number of amides is 3. The van der Waals surface area contributed by atoms with Gasteiger partial charge in [-0.25, -0.2) is 4.79 Å². The second-order valence-corrected chi connectivity index (χ2v) is 4.21. The maximum atomic E-state index is 11.7. The van der Waals surface area contributed by atoms with Crippen molar-refractivity contribution in [3.63, 3.8) is 0 Å². The van der Waals surface area contributed by atoms with Crippen LogP contribution in [0.15, 0.2) is 0 Å². The fourth-order valence-electron chi connectivity index (χ4n) is 1.37. The SMILES string of the molecule is CCOC(=O)CNC(=O)[C@H](CC(C)C)NC(N)=O. The minimum Gasteiger partial charge on any atom is -0.465 e. The molecule has 0 aromatic heterocycles. The molecule has 104 valence electrons. The van der Waals surface area contributed by atoms with Crippen molar-refractivity contribution in [3.05, 3.63) is 0 Å². The number of primary amides is 1. The first-order valence-corrected chi connectivity index (χ1v) is 5.86. The zero-order valence-corrected chi connectivity index (χ0v) is 11.0. The second-order valence-electron chi connectivity index (χ2n) is 4.21. The molecule has 0 unspecified atom stereocenters. The number of nitrogens with one attached hydrogen (secondary N) is 2. The molecular formula is C11H21N3O4. The van der Waals surface area contributed by atoms with Crippen molar-refractivity contribution in [3.8, 4) is 0 Å². The third kappa shape index (κ3) is 7.48. The third-order valence-corrected chi connectivity index (χ3v) is 2.05. The lowest BCUT2D eigenvalue weighted by atomic mass is 10.0. The number of hydrogen-bond acceptors (Lipinski definition) is 4. The standard InChI is InChI=1S/C11H21N3O4/c1-4-18-9(15)6-13-10(16)8(5-7(2)3)14-11(12)17/h7-8H,4-6H2,1-3H3,(H,13,16)(H3,12,14,17)/t8-/m0/s1. The lowest BCUT2D eigenvalue weighted by Gasteiger charge is -2.18. The number of carbonyl (C=O) groups is 3. The van der Waals surface area contributed by atoms with E-state index in [1.54, 1.807) is 6.92 Å². The summed E-state index contributed by atoms with van der Waals surface area (Å²) in [6.45, 7) is 5.53. The third-order valence-electron chi connectivity index (χ3n) is 2.05. The van der Waals surface area contributed by atoms with Gasteiger partial charge < -0.3 is 21.1 Å². The predicted octanol–water partition coefficient (Wildman–Crippen LogP) is -0.251. The monoisotopic (exact) mass is 259 g/mol. The van der Waals surface area contributed by atoms with E-state index in [0.717, 1.165) is 0 Å². The highest BCUT2D eigenvalue weighted by atomic mass is 16.5. The van der Waals surface area contributed by atoms with E-state index in [1.807, 2.05) is 13.8 Å². The number of nitrogens with two attached hydrogens (primary N) is 1. The van der Waals surface area contributed by atoms with Gasteiger partial charge >= 0.3 is 12.0 Å². The smallest absolute Gasteiger partial charge is 0.325 e. The number of urea groups is 1. The Morgan fingerprint density at radius 1 is 1.28 bits per heavy atom. The molecule has 0 rings (SSSR count). The van der Waals surface area contributed by atoms with Crippen molar-refractivity contribution >= 4 is 17.9 Å². The predicted molar refractivity (Wildman–Crippen MR) is 65.6 cm³/mol. The van der Waals surface area contributed by atoms with Gasteiger partial charge in [-0.3, -0.25) is 9.59 Å². The molecule has 18 heavy (non-hydrogen) atoms. The summed E-state index contributed by atoms with van der Waals surface area (Å²) >= 11 is 0. The molecule has 4 N–H and O–H groups in total. The first-order valence-electron chi connectivity index (χ1n) is 5.86. The minimum absolute atomic E-state index is 0.204. The molecular weight excluding hydrogens is 238 g/mol. The van der Waals surface area contributed by atoms with Crippen molar-refractivity contribution in [1.82, 2.24) is 10.6 Å². The molecule has 1 atom stereocenters. The Bertz CT molecular complexity index is 305. The fourth-order valence-corrected chi connectivity index (χ4v) is 1.37. The van der Waals surface area contributed by atoms with Crippen LogP contribution in [0.4, 0.5) is 4.79 Å². The van der Waals surface area contributed by atoms with E-state index < -0.39 is 23.9 Å². The first-order chi connectivity index (χ1) is 8.36. The molecule has 0 aromatic carbocycles. The Kier molecular flexibility index (Phi) is 7.50. The Morgan fingerprint density at radius 2 is 1.89 bits per heavy atom. The number of rotatable bonds is 7. The van der Waals surface area contributed by atoms with Crippen LogP contribution in [0, 0.1) is 5.92 Å². The summed E-state index contributed by atoms with van der Waals surface area (Å²) in [5.74, 6) is -0.765. The van der Waals surface area contributed by atoms with Crippen LogP contribution >= 0.6 is 0 Å². The molecule has 0 fully saturated rings. The topological polar surface area (TPSA) is 111 Å². The maximum absolute atomic E-state index is 11.7. The molecule has 0 aliphatic rings. The number of carbonyl (C=O) groups excluding carboxylic acids is 3. The molecule has 0 heterocycles. The zero-order chi connectivity index (χ0) is 14.1. The van der Waals surface area contributed by atoms with Crippen LogP contribution < -0.4 is 16.4 Å². The number of hydrogen-bond donors (Lipinski definition) is 3. The summed E-state index contributed by atoms with van der Waals surface area (Å²) in [5, 5.41) is 4.74. The van der Waals surface area contributed by atoms with E-state index in [2.05, 4.69) is 15.4 Å². The van der Waals surface area contributed by atoms with Gasteiger partial charge in [0.1, 0.15) is 12.6 Å². The highest BCUT2D eigenvalue weighted by molar-refractivity contribution is 5.88. The minimum atomic E-state index is -0.771. The molecule has 0 bridgehead atoms. The van der Waals surface area contributed by atoms with Crippen molar-refractivity contribution in [2.75, 3.05) is 13.2 Å². The summed E-state index contributed by atoms with van der Waals surface area (Å²) in [4.78, 5) is 33.6. The Balaban J connectivity index is 4.28. The normalized spacial score (nSPS) is 11.8. The van der Waals surface area contributed by atoms with Gasteiger partial charge in [0.15, 0.2) is 0 Å². The number of ether oxygens (including phenoxy) is 1. The van der Waals surface area contributed by atoms with E-state index in [0.29, 0.717) is 6.42 Å². The van der Waals surface area contributed by atoms with E-state index in [1.165, 1.54) is 0 Å². The van der Waals surface area contributed by atoms with E-state index in [-0.39, 0.29) is 19.1 Å². The van der Waals surface area contributed by atoms with E-state index >= 15 is 0 Å². The van der Waals surface area contributed by atoms with E-state index in [9.17, 15) is 14.4 Å². The summed E-state index contributed by atoms with van der Waals surface area (Å²) in [6.07, 6.45) is 0.442.